The summed E-state index contributed by atoms with van der Waals surface area (Å²) in [4.78, 5) is 0. The van der Waals surface area contributed by atoms with Crippen molar-refractivity contribution in [3.63, 3.8) is 0 Å². The second-order valence-corrected chi connectivity index (χ2v) is 4.64. The predicted octanol–water partition coefficient (Wildman–Crippen LogP) is 4.32. The second-order valence-electron chi connectivity index (χ2n) is 4.64. The lowest BCUT2D eigenvalue weighted by Gasteiger charge is -2.33. The molecule has 0 N–H and O–H groups in total. The highest BCUT2D eigenvalue weighted by molar-refractivity contribution is 4.88. The number of hydrogen-bond donors (Lipinski definition) is 0. The lowest BCUT2D eigenvalue weighted by atomic mass is 10.1. The SMILES string of the molecule is CC(C)(C)OC(F)(F)C(F)(F)C(F)CC(F)(F)F. The van der Waals surface area contributed by atoms with Crippen molar-refractivity contribution in [3.8, 4) is 0 Å². The average Bonchev–Trinajstić information content (AvgIpc) is 1.94. The molecule has 110 valence electrons. The van der Waals surface area contributed by atoms with E-state index >= 15 is 0 Å². The van der Waals surface area contributed by atoms with Crippen molar-refractivity contribution in [1.29, 1.82) is 0 Å². The molecule has 0 aliphatic heterocycles. The first kappa shape index (κ1) is 17.4. The van der Waals surface area contributed by atoms with E-state index in [4.69, 9.17) is 0 Å². The van der Waals surface area contributed by atoms with E-state index in [-0.39, 0.29) is 0 Å². The third-order valence-corrected chi connectivity index (χ3v) is 1.63. The molecule has 0 aromatic carbocycles. The summed E-state index contributed by atoms with van der Waals surface area (Å²) < 4.78 is 103. The molecule has 1 nitrogen and oxygen atoms in total. The molecule has 0 aromatic rings. The first-order valence-corrected chi connectivity index (χ1v) is 4.75. The third kappa shape index (κ3) is 4.95. The molecule has 0 radical (unpaired) electrons. The van der Waals surface area contributed by atoms with Crippen molar-refractivity contribution in [2.24, 2.45) is 0 Å². The van der Waals surface area contributed by atoms with Crippen LogP contribution >= 0.6 is 0 Å². The highest BCUT2D eigenvalue weighted by Gasteiger charge is 2.66. The van der Waals surface area contributed by atoms with Gasteiger partial charge in [0.25, 0.3) is 0 Å². The summed E-state index contributed by atoms with van der Waals surface area (Å²) in [6, 6.07) is 0. The first-order chi connectivity index (χ1) is 7.58. The molecule has 1 atom stereocenters. The Balaban J connectivity index is 5.00. The van der Waals surface area contributed by atoms with Crippen LogP contribution in [0.25, 0.3) is 0 Å². The van der Waals surface area contributed by atoms with Crippen molar-refractivity contribution in [2.75, 3.05) is 0 Å². The summed E-state index contributed by atoms with van der Waals surface area (Å²) >= 11 is 0. The van der Waals surface area contributed by atoms with Gasteiger partial charge in [-0.1, -0.05) is 0 Å². The number of rotatable bonds is 4. The summed E-state index contributed by atoms with van der Waals surface area (Å²) in [5.41, 5.74) is -1.77. The number of ether oxygens (including phenoxy) is 1. The van der Waals surface area contributed by atoms with Gasteiger partial charge in [-0.15, -0.1) is 0 Å². The molecule has 0 aliphatic carbocycles. The monoisotopic (exact) mass is 288 g/mol. The highest BCUT2D eigenvalue weighted by atomic mass is 19.4. The van der Waals surface area contributed by atoms with Gasteiger partial charge in [0, 0.05) is 0 Å². The van der Waals surface area contributed by atoms with E-state index in [0.29, 0.717) is 0 Å². The van der Waals surface area contributed by atoms with Crippen LogP contribution in [0.2, 0.25) is 0 Å². The largest absolute Gasteiger partial charge is 0.422 e. The van der Waals surface area contributed by atoms with E-state index in [9.17, 15) is 35.1 Å². The van der Waals surface area contributed by atoms with Crippen molar-refractivity contribution in [3.05, 3.63) is 0 Å². The minimum atomic E-state index is -5.57. The van der Waals surface area contributed by atoms with Crippen LogP contribution in [-0.4, -0.2) is 30.0 Å². The van der Waals surface area contributed by atoms with Crippen LogP contribution in [0.1, 0.15) is 27.2 Å². The van der Waals surface area contributed by atoms with Gasteiger partial charge in [-0.3, -0.25) is 0 Å². The lowest BCUT2D eigenvalue weighted by molar-refractivity contribution is -0.389. The van der Waals surface area contributed by atoms with Crippen LogP contribution in [0.4, 0.5) is 35.1 Å². The van der Waals surface area contributed by atoms with E-state index in [1.54, 1.807) is 0 Å². The average molecular weight is 288 g/mol. The van der Waals surface area contributed by atoms with Gasteiger partial charge in [0.2, 0.25) is 0 Å². The Morgan fingerprint density at radius 1 is 0.889 bits per heavy atom. The summed E-state index contributed by atoms with van der Waals surface area (Å²) in [6.45, 7) is 2.94. The van der Waals surface area contributed by atoms with Crippen LogP contribution in [0.15, 0.2) is 0 Å². The van der Waals surface area contributed by atoms with E-state index in [0.717, 1.165) is 20.8 Å². The Labute approximate surface area is 98.1 Å². The topological polar surface area (TPSA) is 9.23 Å². The maximum atomic E-state index is 12.9. The van der Waals surface area contributed by atoms with Gasteiger partial charge in [-0.2, -0.15) is 30.7 Å². The summed E-state index contributed by atoms with van der Waals surface area (Å²) in [7, 11) is 0. The molecule has 0 amide bonds. The molecule has 0 bridgehead atoms. The quantitative estimate of drug-likeness (QED) is 0.700. The third-order valence-electron chi connectivity index (χ3n) is 1.63. The second kappa shape index (κ2) is 4.82. The Morgan fingerprint density at radius 2 is 1.28 bits per heavy atom. The zero-order valence-corrected chi connectivity index (χ0v) is 9.72. The number of hydrogen-bond acceptors (Lipinski definition) is 1. The predicted molar refractivity (Wildman–Crippen MR) is 46.3 cm³/mol. The van der Waals surface area contributed by atoms with Crippen molar-refractivity contribution in [2.45, 2.75) is 57.2 Å². The normalized spacial score (nSPS) is 16.8. The van der Waals surface area contributed by atoms with E-state index in [1.807, 2.05) is 0 Å². The number of alkyl halides is 8. The number of halogens is 8. The fourth-order valence-electron chi connectivity index (χ4n) is 0.966. The summed E-state index contributed by atoms with van der Waals surface area (Å²) in [5.74, 6) is -5.57. The molecule has 0 rings (SSSR count). The minimum absolute atomic E-state index is 0.980. The molecular formula is C9H12F8O. The Bertz CT molecular complexity index is 277. The zero-order valence-electron chi connectivity index (χ0n) is 9.72. The first-order valence-electron chi connectivity index (χ1n) is 4.75. The van der Waals surface area contributed by atoms with Crippen LogP contribution in [-0.2, 0) is 4.74 Å². The lowest BCUT2D eigenvalue weighted by Crippen LogP contribution is -2.53. The molecule has 9 heteroatoms. The van der Waals surface area contributed by atoms with Crippen LogP contribution in [0, 0.1) is 0 Å². The molecule has 0 aliphatic rings. The van der Waals surface area contributed by atoms with Crippen LogP contribution in [0.3, 0.4) is 0 Å². The van der Waals surface area contributed by atoms with Gasteiger partial charge in [-0.05, 0) is 20.8 Å². The van der Waals surface area contributed by atoms with Crippen molar-refractivity contribution < 1.29 is 39.9 Å². The Kier molecular flexibility index (Phi) is 4.66. The van der Waals surface area contributed by atoms with E-state index in [2.05, 4.69) is 4.74 Å². The van der Waals surface area contributed by atoms with Gasteiger partial charge >= 0.3 is 18.2 Å². The van der Waals surface area contributed by atoms with Gasteiger partial charge in [-0.25, -0.2) is 4.39 Å². The van der Waals surface area contributed by atoms with Gasteiger partial charge < -0.3 is 4.74 Å². The van der Waals surface area contributed by atoms with E-state index in [1.165, 1.54) is 0 Å². The van der Waals surface area contributed by atoms with Crippen LogP contribution < -0.4 is 0 Å². The van der Waals surface area contributed by atoms with Gasteiger partial charge in [0.05, 0.1) is 12.0 Å². The molecule has 0 heterocycles. The molecule has 0 saturated carbocycles. The van der Waals surface area contributed by atoms with Gasteiger partial charge in [0.15, 0.2) is 6.17 Å². The Morgan fingerprint density at radius 3 is 1.56 bits per heavy atom. The van der Waals surface area contributed by atoms with Crippen molar-refractivity contribution in [1.82, 2.24) is 0 Å². The zero-order chi connectivity index (χ0) is 15.0. The fraction of sp³-hybridized carbons (Fsp3) is 1.00. The summed E-state index contributed by atoms with van der Waals surface area (Å²) in [5, 5.41) is 0. The van der Waals surface area contributed by atoms with Gasteiger partial charge in [0.1, 0.15) is 0 Å². The molecule has 0 fully saturated rings. The molecule has 18 heavy (non-hydrogen) atoms. The van der Waals surface area contributed by atoms with Crippen molar-refractivity contribution >= 4 is 0 Å². The standard InChI is InChI=1S/C9H12F8O/c1-6(2,3)18-9(16,17)8(14,15)5(10)4-7(11,12)13/h5H,4H2,1-3H3. The maximum Gasteiger partial charge on any atom is 0.422 e. The van der Waals surface area contributed by atoms with Crippen LogP contribution in [0.5, 0.6) is 0 Å². The molecule has 0 saturated heterocycles. The smallest absolute Gasteiger partial charge is 0.310 e. The molecular weight excluding hydrogens is 276 g/mol. The molecule has 1 unspecified atom stereocenters. The highest BCUT2D eigenvalue weighted by Crippen LogP contribution is 2.44. The molecule has 0 aromatic heterocycles. The minimum Gasteiger partial charge on any atom is -0.310 e. The Hall–Kier alpha value is -0.600. The fourth-order valence-corrected chi connectivity index (χ4v) is 0.966. The summed E-state index contributed by atoms with van der Waals surface area (Å²) in [6.07, 6.45) is -17.4. The van der Waals surface area contributed by atoms with E-state index < -0.39 is 36.4 Å². The molecule has 0 spiro atoms. The maximum absolute atomic E-state index is 12.9.